The fourth-order valence-corrected chi connectivity index (χ4v) is 4.14. The van der Waals surface area contributed by atoms with Crippen LogP contribution in [0.3, 0.4) is 0 Å². The number of thioether (sulfide) groups is 1. The van der Waals surface area contributed by atoms with Gasteiger partial charge in [-0.25, -0.2) is 0 Å². The van der Waals surface area contributed by atoms with Crippen LogP contribution in [0.4, 0.5) is 0 Å². The SMILES string of the molecule is CSC1(CN[C@H](C)CC(=O)N2CCCCCC2)CCOCC1. The molecule has 22 heavy (non-hydrogen) atoms. The highest BCUT2D eigenvalue weighted by atomic mass is 32.2. The molecule has 2 rings (SSSR count). The lowest BCUT2D eigenvalue weighted by molar-refractivity contribution is -0.131. The van der Waals surface area contributed by atoms with Gasteiger partial charge in [0.25, 0.3) is 0 Å². The van der Waals surface area contributed by atoms with Gasteiger partial charge in [0.15, 0.2) is 0 Å². The van der Waals surface area contributed by atoms with Gasteiger partial charge in [-0.15, -0.1) is 0 Å². The third-order valence-corrected chi connectivity index (χ3v) is 6.47. The van der Waals surface area contributed by atoms with Crippen LogP contribution in [0.15, 0.2) is 0 Å². The van der Waals surface area contributed by atoms with Crippen molar-refractivity contribution in [3.63, 3.8) is 0 Å². The smallest absolute Gasteiger partial charge is 0.224 e. The molecule has 0 radical (unpaired) electrons. The van der Waals surface area contributed by atoms with E-state index in [9.17, 15) is 4.79 Å². The van der Waals surface area contributed by atoms with E-state index < -0.39 is 0 Å². The van der Waals surface area contributed by atoms with Gasteiger partial charge in [0.1, 0.15) is 0 Å². The summed E-state index contributed by atoms with van der Waals surface area (Å²) in [7, 11) is 0. The van der Waals surface area contributed by atoms with Crippen molar-refractivity contribution in [3.05, 3.63) is 0 Å². The van der Waals surface area contributed by atoms with E-state index in [1.54, 1.807) is 0 Å². The second-order valence-electron chi connectivity index (χ2n) is 6.78. The minimum Gasteiger partial charge on any atom is -0.381 e. The Balaban J connectivity index is 1.74. The number of nitrogens with one attached hydrogen (secondary N) is 1. The van der Waals surface area contributed by atoms with Gasteiger partial charge in [-0.3, -0.25) is 4.79 Å². The zero-order chi connectivity index (χ0) is 15.8. The van der Waals surface area contributed by atoms with E-state index in [-0.39, 0.29) is 10.8 Å². The van der Waals surface area contributed by atoms with Gasteiger partial charge in [0.05, 0.1) is 0 Å². The molecule has 0 saturated carbocycles. The summed E-state index contributed by atoms with van der Waals surface area (Å²) in [5, 5.41) is 3.61. The number of ether oxygens (including phenoxy) is 1. The molecule has 1 N–H and O–H groups in total. The van der Waals surface area contributed by atoms with Crippen molar-refractivity contribution < 1.29 is 9.53 Å². The van der Waals surface area contributed by atoms with Gasteiger partial charge in [-0.05, 0) is 38.9 Å². The van der Waals surface area contributed by atoms with Crippen molar-refractivity contribution in [1.82, 2.24) is 10.2 Å². The van der Waals surface area contributed by atoms with Crippen molar-refractivity contribution in [2.24, 2.45) is 0 Å². The number of likely N-dealkylation sites (tertiary alicyclic amines) is 1. The molecule has 0 aromatic rings. The van der Waals surface area contributed by atoms with E-state index in [1.807, 2.05) is 11.8 Å². The number of hydrogen-bond donors (Lipinski definition) is 1. The van der Waals surface area contributed by atoms with Crippen LogP contribution in [-0.4, -0.2) is 60.7 Å². The van der Waals surface area contributed by atoms with Crippen LogP contribution in [0.2, 0.25) is 0 Å². The molecule has 128 valence electrons. The van der Waals surface area contributed by atoms with Gasteiger partial charge in [0.2, 0.25) is 5.91 Å². The summed E-state index contributed by atoms with van der Waals surface area (Å²) in [6, 6.07) is 0.252. The molecule has 0 aliphatic carbocycles. The third-order valence-electron chi connectivity index (χ3n) is 5.05. The quantitative estimate of drug-likeness (QED) is 0.814. The van der Waals surface area contributed by atoms with Crippen molar-refractivity contribution in [2.45, 2.75) is 62.7 Å². The van der Waals surface area contributed by atoms with Gasteiger partial charge in [0, 0.05) is 50.1 Å². The Hall–Kier alpha value is -0.260. The summed E-state index contributed by atoms with van der Waals surface area (Å²) in [6.07, 6.45) is 9.92. The number of carbonyl (C=O) groups excluding carboxylic acids is 1. The molecule has 1 amide bonds. The number of carbonyl (C=O) groups is 1. The predicted octanol–water partition coefficient (Wildman–Crippen LogP) is 2.67. The maximum Gasteiger partial charge on any atom is 0.224 e. The van der Waals surface area contributed by atoms with E-state index in [2.05, 4.69) is 23.4 Å². The monoisotopic (exact) mass is 328 g/mol. The summed E-state index contributed by atoms with van der Waals surface area (Å²) in [6.45, 7) is 6.76. The fourth-order valence-electron chi connectivity index (χ4n) is 3.34. The second kappa shape index (κ2) is 9.14. The highest BCUT2D eigenvalue weighted by Gasteiger charge is 2.32. The first kappa shape index (κ1) is 18.1. The average molecular weight is 329 g/mol. The van der Waals surface area contributed by atoms with Crippen LogP contribution >= 0.6 is 11.8 Å². The zero-order valence-corrected chi connectivity index (χ0v) is 15.1. The summed E-state index contributed by atoms with van der Waals surface area (Å²) in [5.41, 5.74) is 0. The van der Waals surface area contributed by atoms with Crippen LogP contribution in [0, 0.1) is 0 Å². The summed E-state index contributed by atoms with van der Waals surface area (Å²) >= 11 is 1.95. The topological polar surface area (TPSA) is 41.6 Å². The van der Waals surface area contributed by atoms with Crippen molar-refractivity contribution in [2.75, 3.05) is 39.1 Å². The summed E-state index contributed by atoms with van der Waals surface area (Å²) < 4.78 is 5.78. The minimum absolute atomic E-state index is 0.252. The zero-order valence-electron chi connectivity index (χ0n) is 14.2. The Labute approximate surface area is 139 Å². The highest BCUT2D eigenvalue weighted by Crippen LogP contribution is 2.33. The number of nitrogens with zero attached hydrogens (tertiary/aromatic N) is 1. The lowest BCUT2D eigenvalue weighted by atomic mass is 9.98. The molecule has 0 spiro atoms. The van der Waals surface area contributed by atoms with Crippen LogP contribution < -0.4 is 5.32 Å². The van der Waals surface area contributed by atoms with E-state index in [4.69, 9.17) is 4.74 Å². The van der Waals surface area contributed by atoms with E-state index in [0.717, 1.165) is 45.7 Å². The molecule has 5 heteroatoms. The van der Waals surface area contributed by atoms with Crippen molar-refractivity contribution in [1.29, 1.82) is 0 Å². The molecule has 0 aromatic carbocycles. The maximum atomic E-state index is 12.4. The van der Waals surface area contributed by atoms with Gasteiger partial charge in [-0.1, -0.05) is 12.8 Å². The van der Waals surface area contributed by atoms with Crippen LogP contribution in [0.25, 0.3) is 0 Å². The van der Waals surface area contributed by atoms with Gasteiger partial charge < -0.3 is 15.0 Å². The maximum absolute atomic E-state index is 12.4. The molecule has 2 saturated heterocycles. The molecule has 2 heterocycles. The first-order valence-electron chi connectivity index (χ1n) is 8.79. The average Bonchev–Trinajstić information content (AvgIpc) is 2.83. The number of amides is 1. The third kappa shape index (κ3) is 5.43. The molecule has 4 nitrogen and oxygen atoms in total. The Morgan fingerprint density at radius 2 is 1.86 bits per heavy atom. The number of rotatable bonds is 6. The molecule has 1 atom stereocenters. The molecule has 2 aliphatic rings. The second-order valence-corrected chi connectivity index (χ2v) is 8.05. The lowest BCUT2D eigenvalue weighted by Gasteiger charge is -2.37. The Morgan fingerprint density at radius 3 is 2.45 bits per heavy atom. The normalized spacial score (nSPS) is 23.8. The minimum atomic E-state index is 0.252. The molecule has 2 aliphatic heterocycles. The number of hydrogen-bond acceptors (Lipinski definition) is 4. The molecular weight excluding hydrogens is 296 g/mol. The van der Waals surface area contributed by atoms with E-state index >= 15 is 0 Å². The molecular formula is C17H32N2O2S. The van der Waals surface area contributed by atoms with Gasteiger partial charge in [-0.2, -0.15) is 11.8 Å². The summed E-state index contributed by atoms with van der Waals surface area (Å²) in [4.78, 5) is 14.5. The first-order chi connectivity index (χ1) is 10.7. The largest absolute Gasteiger partial charge is 0.381 e. The predicted molar refractivity (Wildman–Crippen MR) is 93.4 cm³/mol. The first-order valence-corrected chi connectivity index (χ1v) is 10.0. The molecule has 2 fully saturated rings. The highest BCUT2D eigenvalue weighted by molar-refractivity contribution is 8.00. The van der Waals surface area contributed by atoms with Crippen molar-refractivity contribution in [3.8, 4) is 0 Å². The van der Waals surface area contributed by atoms with Crippen LogP contribution in [-0.2, 0) is 9.53 Å². The molecule has 0 unspecified atom stereocenters. The molecule has 0 bridgehead atoms. The van der Waals surface area contributed by atoms with Gasteiger partial charge >= 0.3 is 0 Å². The van der Waals surface area contributed by atoms with E-state index in [0.29, 0.717) is 12.3 Å². The van der Waals surface area contributed by atoms with Crippen LogP contribution in [0.1, 0.15) is 51.9 Å². The van der Waals surface area contributed by atoms with Crippen molar-refractivity contribution >= 4 is 17.7 Å². The Bertz CT molecular complexity index is 338. The standard InChI is InChI=1S/C17H32N2O2S/c1-15(13-16(20)19-9-5-3-4-6-10-19)18-14-17(22-2)7-11-21-12-8-17/h15,18H,3-14H2,1-2H3/t15-/m1/s1. The Morgan fingerprint density at radius 1 is 1.23 bits per heavy atom. The summed E-state index contributed by atoms with van der Waals surface area (Å²) in [5.74, 6) is 0.326. The van der Waals surface area contributed by atoms with E-state index in [1.165, 1.54) is 25.7 Å². The Kier molecular flexibility index (Phi) is 7.51. The molecule has 0 aromatic heterocycles. The lowest BCUT2D eigenvalue weighted by Crippen LogP contribution is -2.46. The van der Waals surface area contributed by atoms with Crippen LogP contribution in [0.5, 0.6) is 0 Å². The fraction of sp³-hybridized carbons (Fsp3) is 0.941.